The van der Waals surface area contributed by atoms with Crippen molar-refractivity contribution in [3.05, 3.63) is 69.6 Å². The van der Waals surface area contributed by atoms with Crippen LogP contribution in [0, 0.1) is 0 Å². The first-order valence-corrected chi connectivity index (χ1v) is 78.6. The lowest BCUT2D eigenvalue weighted by Crippen LogP contribution is -2.96. The molecule has 0 aromatic heterocycles. The molecule has 26 aliphatic heterocycles. The summed E-state index contributed by atoms with van der Waals surface area (Å²) in [6.45, 7) is 4.38. The molecule has 26 aliphatic rings. The monoisotopic (exact) mass is 2230 g/mol. The van der Waals surface area contributed by atoms with Crippen molar-refractivity contribution in [3.63, 3.8) is 0 Å². The van der Waals surface area contributed by atoms with E-state index in [0.717, 1.165) is 19.7 Å². The van der Waals surface area contributed by atoms with Crippen molar-refractivity contribution in [1.82, 2.24) is 0 Å². The van der Waals surface area contributed by atoms with Gasteiger partial charge in [0, 0.05) is 112 Å². The zero-order chi connectivity index (χ0) is 87.5. The van der Waals surface area contributed by atoms with Crippen LogP contribution >= 0.6 is 31.9 Å². The fraction of sp³-hybridized carbons (Fsp3) is 0.737. The molecule has 0 saturated carbocycles. The molecule has 14 unspecified atom stereocenters. The van der Waals surface area contributed by atoms with Crippen molar-refractivity contribution in [2.75, 3.05) is 92.5 Å². The molecule has 26 heterocycles. The first-order chi connectivity index (χ1) is 64.4. The topological polar surface area (TPSA) is 351 Å². The smallest absolute Gasteiger partial charge is 0.374 e. The molecule has 0 amide bonds. The summed E-state index contributed by atoms with van der Waals surface area (Å²) in [7, 11) is -83.3. The van der Waals surface area contributed by atoms with Crippen molar-refractivity contribution >= 4 is 205 Å². The number of ether oxygens (including phenoxy) is 14. The van der Waals surface area contributed by atoms with Gasteiger partial charge < -0.3 is 165 Å². The van der Waals surface area contributed by atoms with Crippen LogP contribution in [-0.4, -0.2) is 314 Å². The molecule has 4 aromatic carbocycles. The number of hydrogen-bond donors (Lipinski definition) is 0. The Morgan fingerprint density at radius 2 is 0.318 bits per heavy atom. The van der Waals surface area contributed by atoms with Crippen LogP contribution in [0.2, 0.25) is 0 Å². The number of rotatable bonds is 17. The van der Waals surface area contributed by atoms with Crippen LogP contribution in [0.5, 0.6) is 0 Å². The molecule has 0 spiro atoms. The average Bonchev–Trinajstić information content (AvgIpc) is 1.15. The van der Waals surface area contributed by atoms with E-state index >= 15 is 0 Å². The summed E-state index contributed by atoms with van der Waals surface area (Å²) >= 11 is 8.03. The van der Waals surface area contributed by atoms with Gasteiger partial charge in [0.2, 0.25) is 0 Å². The standard InChI is InChI=1S/C76H108Br2O38Si16/c77-55-31-33-57-53(51-55)29-35-59(117-93-119(61-15-1-37-79-61)99-125(67-21-7-43-85-67)101-120(94-117,62-16-2-38-80-62)103-127(69-23-9-45-87-69)104-121(95-117,63-17-3-39-81-63)102-126(100-119,68-22-8-44-86-68)112-131(111-125,113-127)73-27-13-49-91-73)75(57)76-58-34-32-56(78)52-54(58)30-36-60(76)118-96-122(64-18-4-40-82-64)105-128(70-24-10-46-88-70)107-123(97-118,65-19-5-41-83-65)109-130(72-26-12-48-90-72)110-124(98-118,66-20-6-42-84-66)108-129(106-122,71-25-11-47-89-71)115-132(114-128,116-130)74-28-14-50-92-74/h29-36,51-52,61-74H,1-28,37-50H2. The van der Waals surface area contributed by atoms with Crippen molar-refractivity contribution < 1.29 is 165 Å². The van der Waals surface area contributed by atoms with Gasteiger partial charge in [-0.05, 0) is 237 Å². The fourth-order valence-corrected chi connectivity index (χ4v) is 127. The minimum absolute atomic E-state index is 0.283. The van der Waals surface area contributed by atoms with Gasteiger partial charge in [-0.15, -0.1) is 0 Å². The molecule has 30 rings (SSSR count). The molecule has 0 aliphatic carbocycles. The highest BCUT2D eigenvalue weighted by Crippen LogP contribution is 2.63. The van der Waals surface area contributed by atoms with E-state index in [0.29, 0.717) is 265 Å². The average molecular weight is 2240 g/mol. The van der Waals surface area contributed by atoms with Gasteiger partial charge in [0.25, 0.3) is 0 Å². The Bertz CT molecular complexity index is 4420. The fourth-order valence-electron chi connectivity index (χ4n) is 24.4. The molecule has 4 aromatic rings. The van der Waals surface area contributed by atoms with Gasteiger partial charge in [0.05, 0.1) is 0 Å². The van der Waals surface area contributed by atoms with E-state index < -0.39 is 221 Å². The molecule has 132 heavy (non-hydrogen) atoms. The van der Waals surface area contributed by atoms with E-state index in [2.05, 4.69) is 68.3 Å². The van der Waals surface area contributed by atoms with Crippen LogP contribution in [0.3, 0.4) is 0 Å². The minimum atomic E-state index is -5.79. The van der Waals surface area contributed by atoms with Crippen LogP contribution in [0.1, 0.15) is 180 Å². The Morgan fingerprint density at radius 1 is 0.174 bits per heavy atom. The third-order valence-corrected chi connectivity index (χ3v) is 105. The van der Waals surface area contributed by atoms with Gasteiger partial charge in [-0.25, -0.2) is 0 Å². The number of fused-ring (bicyclic) bond motifs is 2. The minimum Gasteiger partial charge on any atom is -0.374 e. The van der Waals surface area contributed by atoms with Crippen LogP contribution < -0.4 is 10.4 Å². The summed E-state index contributed by atoms with van der Waals surface area (Å²) in [5.41, 5.74) is -12.6. The molecular weight excluding hydrogens is 2130 g/mol. The second-order valence-corrected chi connectivity index (χ2v) is 89.4. The Morgan fingerprint density at radius 3 is 0.455 bits per heavy atom. The van der Waals surface area contributed by atoms with E-state index in [-0.39, 0.29) is 39.6 Å². The third-order valence-electron chi connectivity index (χ3n) is 30.2. The molecule has 26 saturated heterocycles. The van der Waals surface area contributed by atoms with Crippen molar-refractivity contribution in [2.45, 2.75) is 260 Å². The maximum atomic E-state index is 9.16. The zero-order valence-corrected chi connectivity index (χ0v) is 92.0. The lowest BCUT2D eigenvalue weighted by atomic mass is 9.93. The van der Waals surface area contributed by atoms with E-state index in [4.69, 9.17) is 165 Å². The highest BCUT2D eigenvalue weighted by molar-refractivity contribution is 9.10. The SMILES string of the molecule is Brc1ccc2c(-c3c([Si]45O[Si]6(C7CCCO7)O[Si]7(C8CCCO8)O[Si](C8CCCO8)(O4)O[Si]4(C8CCCO8)O[Si](C8CCCO8)(O5)O[Si](C5CCCO5)(O6)O[Si](C5CCCO5)(O7)O4)ccc4cc(Br)ccc34)c([Si]34O[Si]5(C6CCCO6)O[Si]6(C7CCCO7)O[Si](C7CCCO7)(O3)O[Si]3(C7CCCO7)O[Si](C7CCCO7)(O4)O[Si](C4CCCO4)(O5)O[Si](C4CCCO4)(O6)O3)ccc2c1. The van der Waals surface area contributed by atoms with E-state index in [1.54, 1.807) is 0 Å². The summed E-state index contributed by atoms with van der Waals surface area (Å²) < 4.78 is 314. The molecule has 16 bridgehead atoms. The molecule has 14 atom stereocenters. The Labute approximate surface area is 796 Å². The second-order valence-electron chi connectivity index (χ2n) is 38.7. The Kier molecular flexibility index (Phi) is 22.8. The first kappa shape index (κ1) is 89.9. The van der Waals surface area contributed by atoms with Crippen LogP contribution in [0.15, 0.2) is 69.6 Å². The zero-order valence-electron chi connectivity index (χ0n) is 72.8. The van der Waals surface area contributed by atoms with Crippen molar-refractivity contribution in [3.8, 4) is 11.1 Å². The highest BCUT2D eigenvalue weighted by Gasteiger charge is 2.95. The van der Waals surface area contributed by atoms with Gasteiger partial charge in [-0.2, -0.15) is 0 Å². The second kappa shape index (κ2) is 33.4. The number of benzene rings is 4. The van der Waals surface area contributed by atoms with E-state index in [9.17, 15) is 0 Å². The molecule has 26 fully saturated rings. The summed E-state index contributed by atoms with van der Waals surface area (Å²) in [4.78, 5) is 0. The van der Waals surface area contributed by atoms with Crippen LogP contribution in [-0.2, 0) is 165 Å². The normalized spacial score (nSPS) is 51.3. The molecule has 56 heteroatoms. The van der Waals surface area contributed by atoms with E-state index in [1.165, 1.54) is 0 Å². The van der Waals surface area contributed by atoms with Crippen LogP contribution in [0.25, 0.3) is 32.7 Å². The Balaban J connectivity index is 0.767. The summed E-state index contributed by atoms with van der Waals surface area (Å²) in [6.07, 6.45) is 13.7. The maximum Gasteiger partial charge on any atom is 0.515 e. The third kappa shape index (κ3) is 14.0. The van der Waals surface area contributed by atoms with Crippen LogP contribution in [0.4, 0.5) is 0 Å². The van der Waals surface area contributed by atoms with Gasteiger partial charge in [-0.1, -0.05) is 68.3 Å². The summed E-state index contributed by atoms with van der Waals surface area (Å²) in [5, 5.41) is 3.41. The quantitative estimate of drug-likeness (QED) is 0.0942. The summed E-state index contributed by atoms with van der Waals surface area (Å²) in [6, 6.07) is 20.6. The van der Waals surface area contributed by atoms with Crippen molar-refractivity contribution in [2.24, 2.45) is 0 Å². The lowest BCUT2D eigenvalue weighted by Gasteiger charge is -2.65. The lowest BCUT2D eigenvalue weighted by molar-refractivity contribution is -0.0925. The molecule has 718 valence electrons. The van der Waals surface area contributed by atoms with Gasteiger partial charge in [0.1, 0.15) is 80.2 Å². The molecule has 0 N–H and O–H groups in total. The predicted molar refractivity (Wildman–Crippen MR) is 485 cm³/mol. The predicted octanol–water partition coefficient (Wildman–Crippen LogP) is 7.21. The molecular formula is C76H108Br2O38Si16. The number of halogens is 2. The molecule has 38 nitrogen and oxygen atoms in total. The summed E-state index contributed by atoms with van der Waals surface area (Å²) in [5.74, 6) is 0. The van der Waals surface area contributed by atoms with Gasteiger partial charge in [-0.3, -0.25) is 0 Å². The van der Waals surface area contributed by atoms with Gasteiger partial charge in [0.15, 0.2) is 0 Å². The van der Waals surface area contributed by atoms with Crippen molar-refractivity contribution in [1.29, 1.82) is 0 Å². The highest BCUT2D eigenvalue weighted by atomic mass is 79.9. The first-order valence-electron chi connectivity index (χ1n) is 48.3. The van der Waals surface area contributed by atoms with E-state index in [1.807, 2.05) is 24.3 Å². The number of hydrogen-bond acceptors (Lipinski definition) is 38. The maximum absolute atomic E-state index is 9.16. The van der Waals surface area contributed by atoms with Gasteiger partial charge >= 0.3 is 141 Å². The Hall–Kier alpha value is 0.310. The largest absolute Gasteiger partial charge is 0.515 e. The molecule has 0 radical (unpaired) electrons.